The maximum atomic E-state index is 12.4. The second-order valence-electron chi connectivity index (χ2n) is 6.44. The molecule has 6 nitrogen and oxygen atoms in total. The second-order valence-corrected chi connectivity index (χ2v) is 6.44. The average Bonchev–Trinajstić information content (AvgIpc) is 3.23. The van der Waals surface area contributed by atoms with E-state index >= 15 is 0 Å². The summed E-state index contributed by atoms with van der Waals surface area (Å²) in [4.78, 5) is 24.5. The quantitative estimate of drug-likeness (QED) is 0.758. The first-order valence-electron chi connectivity index (χ1n) is 8.52. The van der Waals surface area contributed by atoms with Crippen LogP contribution in [0.4, 0.5) is 0 Å². The highest BCUT2D eigenvalue weighted by molar-refractivity contribution is 5.92. The van der Waals surface area contributed by atoms with Gasteiger partial charge in [-0.2, -0.15) is 0 Å². The van der Waals surface area contributed by atoms with Crippen molar-refractivity contribution in [1.82, 2.24) is 15.1 Å². The Morgan fingerprint density at radius 2 is 2.00 bits per heavy atom. The van der Waals surface area contributed by atoms with Gasteiger partial charge in [0.2, 0.25) is 0 Å². The van der Waals surface area contributed by atoms with Crippen LogP contribution in [0.2, 0.25) is 0 Å². The normalized spacial score (nSPS) is 15.3. The second kappa shape index (κ2) is 6.55. The van der Waals surface area contributed by atoms with E-state index in [0.29, 0.717) is 12.2 Å². The number of benzene rings is 2. The lowest BCUT2D eigenvalue weighted by molar-refractivity contribution is 0.0928. The van der Waals surface area contributed by atoms with E-state index in [2.05, 4.69) is 10.4 Å². The number of aromatic nitrogens is 2. The Kier molecular flexibility index (Phi) is 4.08. The first-order valence-corrected chi connectivity index (χ1v) is 8.52. The molecule has 0 aliphatic carbocycles. The van der Waals surface area contributed by atoms with Gasteiger partial charge in [-0.05, 0) is 30.7 Å². The lowest BCUT2D eigenvalue weighted by Gasteiger charge is -2.11. The van der Waals surface area contributed by atoms with E-state index in [0.717, 1.165) is 23.3 Å². The minimum absolute atomic E-state index is 0.0951. The van der Waals surface area contributed by atoms with Gasteiger partial charge in [-0.25, -0.2) is 4.68 Å². The predicted octanol–water partition coefficient (Wildman–Crippen LogP) is 2.21. The number of H-pyrrole nitrogens is 1. The Balaban J connectivity index is 1.42. The fourth-order valence-electron chi connectivity index (χ4n) is 3.07. The fraction of sp³-hybridized carbons (Fsp3) is 0.200. The highest BCUT2D eigenvalue weighted by Gasteiger charge is 2.23. The molecule has 2 aromatic carbocycles. The first kappa shape index (κ1) is 16.2. The molecule has 1 amide bonds. The standard InChI is InChI=1S/C20H19N3O3/c1-13-6-8-15(9-7-13)23-19(24)11-17(22-23)20(25)21-12-16-10-14-4-2-3-5-18(14)26-16/h2-9,11,16,22H,10,12H2,1H3,(H,21,25)/t16-/m0/s1. The number of para-hydroxylation sites is 1. The molecule has 0 fully saturated rings. The van der Waals surface area contributed by atoms with E-state index in [9.17, 15) is 9.59 Å². The monoisotopic (exact) mass is 349 g/mol. The van der Waals surface area contributed by atoms with Crippen molar-refractivity contribution in [3.8, 4) is 11.4 Å². The fourth-order valence-corrected chi connectivity index (χ4v) is 3.07. The van der Waals surface area contributed by atoms with Crippen molar-refractivity contribution >= 4 is 5.91 Å². The number of hydrogen-bond acceptors (Lipinski definition) is 3. The van der Waals surface area contributed by atoms with Crippen molar-refractivity contribution in [3.63, 3.8) is 0 Å². The number of aryl methyl sites for hydroxylation is 1. The topological polar surface area (TPSA) is 76.1 Å². The van der Waals surface area contributed by atoms with Gasteiger partial charge in [0, 0.05) is 12.5 Å². The summed E-state index contributed by atoms with van der Waals surface area (Å²) >= 11 is 0. The maximum absolute atomic E-state index is 12.4. The summed E-state index contributed by atoms with van der Waals surface area (Å²) in [6.07, 6.45) is 0.666. The van der Waals surface area contributed by atoms with Crippen LogP contribution in [0.3, 0.4) is 0 Å². The van der Waals surface area contributed by atoms with Gasteiger partial charge in [-0.15, -0.1) is 0 Å². The molecule has 1 aliphatic rings. The number of carbonyl (C=O) groups is 1. The third-order valence-corrected chi connectivity index (χ3v) is 4.46. The molecule has 3 aromatic rings. The predicted molar refractivity (Wildman–Crippen MR) is 98.0 cm³/mol. The van der Waals surface area contributed by atoms with Crippen LogP contribution in [0.25, 0.3) is 5.69 Å². The van der Waals surface area contributed by atoms with E-state index < -0.39 is 0 Å². The molecule has 1 atom stereocenters. The van der Waals surface area contributed by atoms with E-state index in [1.807, 2.05) is 55.5 Å². The summed E-state index contributed by atoms with van der Waals surface area (Å²) in [7, 11) is 0. The van der Waals surface area contributed by atoms with E-state index in [1.165, 1.54) is 10.7 Å². The van der Waals surface area contributed by atoms with Crippen LogP contribution in [0.15, 0.2) is 59.4 Å². The highest BCUT2D eigenvalue weighted by atomic mass is 16.5. The Morgan fingerprint density at radius 1 is 1.23 bits per heavy atom. The molecule has 0 unspecified atom stereocenters. The van der Waals surface area contributed by atoms with Crippen molar-refractivity contribution in [2.24, 2.45) is 0 Å². The lowest BCUT2D eigenvalue weighted by Crippen LogP contribution is -2.34. The van der Waals surface area contributed by atoms with Crippen LogP contribution >= 0.6 is 0 Å². The smallest absolute Gasteiger partial charge is 0.271 e. The summed E-state index contributed by atoms with van der Waals surface area (Å²) in [5.41, 5.74) is 2.89. The number of carbonyl (C=O) groups excluding carboxylic acids is 1. The molecule has 26 heavy (non-hydrogen) atoms. The van der Waals surface area contributed by atoms with Gasteiger partial charge in [-0.1, -0.05) is 35.9 Å². The van der Waals surface area contributed by atoms with Crippen LogP contribution in [0.1, 0.15) is 21.6 Å². The molecule has 2 N–H and O–H groups in total. The first-order chi connectivity index (χ1) is 12.6. The molecule has 2 heterocycles. The van der Waals surface area contributed by atoms with Crippen LogP contribution < -0.4 is 15.6 Å². The van der Waals surface area contributed by atoms with Crippen LogP contribution in [-0.4, -0.2) is 28.3 Å². The summed E-state index contributed by atoms with van der Waals surface area (Å²) in [6, 6.07) is 16.7. The summed E-state index contributed by atoms with van der Waals surface area (Å²) in [6.45, 7) is 2.36. The number of nitrogens with one attached hydrogen (secondary N) is 2. The van der Waals surface area contributed by atoms with Crippen LogP contribution in [0, 0.1) is 6.92 Å². The number of aromatic amines is 1. The molecule has 0 saturated heterocycles. The lowest BCUT2D eigenvalue weighted by atomic mass is 10.1. The zero-order chi connectivity index (χ0) is 18.1. The summed E-state index contributed by atoms with van der Waals surface area (Å²) in [5, 5.41) is 5.69. The number of rotatable bonds is 4. The van der Waals surface area contributed by atoms with Gasteiger partial charge in [0.05, 0.1) is 12.2 Å². The number of amides is 1. The van der Waals surface area contributed by atoms with Gasteiger partial charge >= 0.3 is 0 Å². The number of fused-ring (bicyclic) bond motifs is 1. The number of hydrogen-bond donors (Lipinski definition) is 2. The van der Waals surface area contributed by atoms with Crippen molar-refractivity contribution < 1.29 is 9.53 Å². The average molecular weight is 349 g/mol. The largest absolute Gasteiger partial charge is 0.488 e. The Bertz CT molecular complexity index is 977. The molecule has 6 heteroatoms. The molecular weight excluding hydrogens is 330 g/mol. The molecule has 0 saturated carbocycles. The SMILES string of the molecule is Cc1ccc(-n2[nH]c(C(=O)NC[C@@H]3Cc4ccccc4O3)cc2=O)cc1. The van der Waals surface area contributed by atoms with Gasteiger partial charge in [0.15, 0.2) is 0 Å². The third-order valence-electron chi connectivity index (χ3n) is 4.46. The van der Waals surface area contributed by atoms with E-state index in [1.54, 1.807) is 0 Å². The molecule has 4 rings (SSSR count). The molecule has 1 aliphatic heterocycles. The van der Waals surface area contributed by atoms with Gasteiger partial charge in [0.25, 0.3) is 11.5 Å². The molecular formula is C20H19N3O3. The molecule has 0 bridgehead atoms. The highest BCUT2D eigenvalue weighted by Crippen LogP contribution is 2.27. The van der Waals surface area contributed by atoms with Crippen molar-refractivity contribution in [2.45, 2.75) is 19.4 Å². The molecule has 0 radical (unpaired) electrons. The molecule has 132 valence electrons. The van der Waals surface area contributed by atoms with Crippen molar-refractivity contribution in [1.29, 1.82) is 0 Å². The molecule has 0 spiro atoms. The minimum atomic E-state index is -0.326. The zero-order valence-corrected chi connectivity index (χ0v) is 14.4. The van der Waals surface area contributed by atoms with Gasteiger partial charge in [-0.3, -0.25) is 14.7 Å². The van der Waals surface area contributed by atoms with Gasteiger partial charge < -0.3 is 10.1 Å². The zero-order valence-electron chi connectivity index (χ0n) is 14.4. The summed E-state index contributed by atoms with van der Waals surface area (Å²) < 4.78 is 7.17. The van der Waals surface area contributed by atoms with E-state index in [4.69, 9.17) is 4.74 Å². The van der Waals surface area contributed by atoms with Crippen LogP contribution in [-0.2, 0) is 6.42 Å². The Hall–Kier alpha value is -3.28. The minimum Gasteiger partial charge on any atom is -0.488 e. The van der Waals surface area contributed by atoms with E-state index in [-0.39, 0.29) is 23.3 Å². The van der Waals surface area contributed by atoms with Crippen LogP contribution in [0.5, 0.6) is 5.75 Å². The number of ether oxygens (including phenoxy) is 1. The number of nitrogens with zero attached hydrogens (tertiary/aromatic N) is 1. The third kappa shape index (κ3) is 3.13. The Labute approximate surface area is 150 Å². The summed E-state index contributed by atoms with van der Waals surface area (Å²) in [5.74, 6) is 0.540. The maximum Gasteiger partial charge on any atom is 0.271 e. The van der Waals surface area contributed by atoms with Gasteiger partial charge in [0.1, 0.15) is 17.5 Å². The van der Waals surface area contributed by atoms with Crippen molar-refractivity contribution in [2.75, 3.05) is 6.54 Å². The molecule has 1 aromatic heterocycles. The van der Waals surface area contributed by atoms with Crippen molar-refractivity contribution in [3.05, 3.63) is 81.8 Å². The Morgan fingerprint density at radius 3 is 2.77 bits per heavy atom.